The number of hydrogen-bond acceptors (Lipinski definition) is 5. The minimum Gasteiger partial charge on any atom is -0.481 e. The summed E-state index contributed by atoms with van der Waals surface area (Å²) in [6.45, 7) is 3.50. The average molecular weight is 655 g/mol. The zero-order valence-corrected chi connectivity index (χ0v) is 26.7. The van der Waals surface area contributed by atoms with Crippen LogP contribution in [0.3, 0.4) is 0 Å². The van der Waals surface area contributed by atoms with Crippen molar-refractivity contribution in [3.63, 3.8) is 0 Å². The maximum Gasteiger partial charge on any atom is 0.416 e. The number of nitrogens with zero attached hydrogens (tertiary/aromatic N) is 4. The van der Waals surface area contributed by atoms with Gasteiger partial charge in [0.05, 0.1) is 23.1 Å². The molecular weight excluding hydrogens is 612 g/mol. The van der Waals surface area contributed by atoms with Gasteiger partial charge >= 0.3 is 12.1 Å². The number of rotatable bonds is 7. The van der Waals surface area contributed by atoms with Gasteiger partial charge < -0.3 is 14.9 Å². The van der Waals surface area contributed by atoms with E-state index in [1.807, 2.05) is 11.8 Å². The maximum absolute atomic E-state index is 17.5. The normalized spacial score (nSPS) is 27.8. The Hall–Kier alpha value is -3.65. The molecule has 0 unspecified atom stereocenters. The molecule has 6 rings (SSSR count). The van der Waals surface area contributed by atoms with Gasteiger partial charge in [0, 0.05) is 62.8 Å². The van der Waals surface area contributed by atoms with Crippen LogP contribution < -0.4 is 4.90 Å². The van der Waals surface area contributed by atoms with E-state index in [0.29, 0.717) is 67.8 Å². The fraction of sp³-hybridized carbons (Fsp3) is 0.583. The van der Waals surface area contributed by atoms with E-state index in [4.69, 9.17) is 0 Å². The predicted molar refractivity (Wildman–Crippen MR) is 169 cm³/mol. The topological polar surface area (TPSA) is 87.9 Å². The van der Waals surface area contributed by atoms with Gasteiger partial charge in [0.2, 0.25) is 5.67 Å². The zero-order chi connectivity index (χ0) is 33.5. The molecule has 4 atom stereocenters. The Kier molecular flexibility index (Phi) is 9.27. The molecule has 1 N–H and O–H groups in total. The van der Waals surface area contributed by atoms with E-state index in [1.165, 1.54) is 6.07 Å². The molecule has 0 radical (unpaired) electrons. The molecule has 2 aromatic carbocycles. The van der Waals surface area contributed by atoms with Crippen LogP contribution in [0.4, 0.5) is 23.2 Å². The van der Waals surface area contributed by atoms with E-state index in [-0.39, 0.29) is 31.0 Å². The van der Waals surface area contributed by atoms with Gasteiger partial charge in [0.1, 0.15) is 0 Å². The molecule has 0 bridgehead atoms. The lowest BCUT2D eigenvalue weighted by molar-refractivity contribution is -0.143. The highest BCUT2D eigenvalue weighted by molar-refractivity contribution is 5.88. The molecule has 252 valence electrons. The van der Waals surface area contributed by atoms with Crippen molar-refractivity contribution in [3.8, 4) is 6.07 Å². The molecular formula is C36H42F4N4O3. The molecule has 3 saturated heterocycles. The number of alkyl halides is 4. The summed E-state index contributed by atoms with van der Waals surface area (Å²) < 4.78 is 59.2. The molecule has 4 fully saturated rings. The summed E-state index contributed by atoms with van der Waals surface area (Å²) in [6, 6.07) is 12.8. The van der Waals surface area contributed by atoms with E-state index in [2.05, 4.69) is 11.0 Å². The van der Waals surface area contributed by atoms with Crippen LogP contribution >= 0.6 is 0 Å². The number of amides is 1. The third kappa shape index (κ3) is 6.46. The van der Waals surface area contributed by atoms with Crippen molar-refractivity contribution in [2.45, 2.75) is 81.6 Å². The van der Waals surface area contributed by atoms with E-state index in [1.54, 1.807) is 29.2 Å². The van der Waals surface area contributed by atoms with Gasteiger partial charge in [-0.05, 0) is 67.0 Å². The van der Waals surface area contributed by atoms with Crippen molar-refractivity contribution in [1.29, 1.82) is 5.26 Å². The minimum atomic E-state index is -4.55. The lowest BCUT2D eigenvalue weighted by Crippen LogP contribution is -2.50. The molecule has 47 heavy (non-hydrogen) atoms. The summed E-state index contributed by atoms with van der Waals surface area (Å²) >= 11 is 0. The van der Waals surface area contributed by atoms with Gasteiger partial charge in [0.25, 0.3) is 5.91 Å². The Labute approximate surface area is 273 Å². The fourth-order valence-corrected chi connectivity index (χ4v) is 8.51. The number of piperidine rings is 1. The Morgan fingerprint density at radius 2 is 1.68 bits per heavy atom. The Balaban J connectivity index is 1.30. The highest BCUT2D eigenvalue weighted by Crippen LogP contribution is 2.47. The molecule has 3 aliphatic heterocycles. The number of anilines is 1. The maximum atomic E-state index is 17.5. The number of likely N-dealkylation sites (tertiary alicyclic amines) is 2. The standard InChI is InChI=1S/C36H42F4N4O3/c1-2-24-19-43(20-30(24)29-12-11-27(36(38,39)40)17-32(29)42-15-13-26(14-16-42)33(45)46)34(47)35(37)22-44(28-5-3-4-6-28)21-31(35)25-9-7-23(18-41)8-10-25/h7-12,17,24,26,28,30-31H,2-6,13-16,19-22H2,1H3,(H,45,46)/t24-,30-,31-,35-/m0/s1. The first-order chi connectivity index (χ1) is 22.4. The van der Waals surface area contributed by atoms with Crippen molar-refractivity contribution in [2.24, 2.45) is 11.8 Å². The Morgan fingerprint density at radius 3 is 2.28 bits per heavy atom. The molecule has 1 amide bonds. The van der Waals surface area contributed by atoms with Crippen molar-refractivity contribution in [3.05, 3.63) is 64.7 Å². The number of aliphatic carboxylic acids is 1. The number of halogens is 4. The largest absolute Gasteiger partial charge is 0.481 e. The van der Waals surface area contributed by atoms with Crippen LogP contribution in [0.15, 0.2) is 42.5 Å². The number of carboxylic acids is 1. The van der Waals surface area contributed by atoms with Crippen molar-refractivity contribution in [2.75, 3.05) is 44.2 Å². The van der Waals surface area contributed by atoms with Crippen LogP contribution in [0, 0.1) is 23.2 Å². The Bertz CT molecular complexity index is 1510. The van der Waals surface area contributed by atoms with E-state index in [0.717, 1.165) is 37.8 Å². The third-order valence-electron chi connectivity index (χ3n) is 11.2. The summed E-state index contributed by atoms with van der Waals surface area (Å²) in [5.74, 6) is -3.12. The van der Waals surface area contributed by atoms with Gasteiger partial charge in [-0.25, -0.2) is 4.39 Å². The zero-order valence-electron chi connectivity index (χ0n) is 26.7. The van der Waals surface area contributed by atoms with Crippen molar-refractivity contribution in [1.82, 2.24) is 9.80 Å². The van der Waals surface area contributed by atoms with Gasteiger partial charge in [-0.1, -0.05) is 44.4 Å². The quantitative estimate of drug-likeness (QED) is 0.340. The van der Waals surface area contributed by atoms with E-state index >= 15 is 4.39 Å². The summed E-state index contributed by atoms with van der Waals surface area (Å²) in [5.41, 5.74) is -0.724. The highest BCUT2D eigenvalue weighted by Gasteiger charge is 2.57. The summed E-state index contributed by atoms with van der Waals surface area (Å²) in [5, 5.41) is 18.8. The van der Waals surface area contributed by atoms with Crippen molar-refractivity contribution >= 4 is 17.6 Å². The average Bonchev–Trinajstić information content (AvgIpc) is 3.83. The lowest BCUT2D eigenvalue weighted by Gasteiger charge is -2.35. The molecule has 0 spiro atoms. The highest BCUT2D eigenvalue weighted by atomic mass is 19.4. The number of carbonyl (C=O) groups is 2. The van der Waals surface area contributed by atoms with Crippen LogP contribution in [0.1, 0.15) is 86.0 Å². The third-order valence-corrected chi connectivity index (χ3v) is 11.2. The van der Waals surface area contributed by atoms with Gasteiger partial charge in [-0.2, -0.15) is 18.4 Å². The van der Waals surface area contributed by atoms with Gasteiger partial charge in [0.15, 0.2) is 0 Å². The summed E-state index contributed by atoms with van der Waals surface area (Å²) in [7, 11) is 0. The molecule has 1 saturated carbocycles. The molecule has 1 aliphatic carbocycles. The first-order valence-corrected chi connectivity index (χ1v) is 16.8. The smallest absolute Gasteiger partial charge is 0.416 e. The minimum absolute atomic E-state index is 0.0107. The molecule has 3 heterocycles. The van der Waals surface area contributed by atoms with E-state index in [9.17, 15) is 33.1 Å². The second kappa shape index (κ2) is 13.1. The Morgan fingerprint density at radius 1 is 1.00 bits per heavy atom. The first-order valence-electron chi connectivity index (χ1n) is 16.8. The molecule has 11 heteroatoms. The van der Waals surface area contributed by atoms with Crippen LogP contribution in [-0.2, 0) is 15.8 Å². The van der Waals surface area contributed by atoms with Crippen LogP contribution in [0.2, 0.25) is 0 Å². The SMILES string of the molecule is CC[C@H]1CN(C(=O)[C@]2(F)CN(C3CCCC3)C[C@H]2c2ccc(C#N)cc2)C[C@@H]1c1ccc(C(F)(F)F)cc1N1CCC(C(=O)O)CC1. The van der Waals surface area contributed by atoms with Crippen LogP contribution in [-0.4, -0.2) is 77.8 Å². The second-order valence-corrected chi connectivity index (χ2v) is 13.9. The predicted octanol–water partition coefficient (Wildman–Crippen LogP) is 6.58. The van der Waals surface area contributed by atoms with Crippen LogP contribution in [0.5, 0.6) is 0 Å². The summed E-state index contributed by atoms with van der Waals surface area (Å²) in [6.07, 6.45) is 0.845. The fourth-order valence-electron chi connectivity index (χ4n) is 8.51. The number of hydrogen-bond donors (Lipinski definition) is 1. The first kappa shape index (κ1) is 33.3. The number of nitriles is 1. The molecule has 4 aliphatic rings. The van der Waals surface area contributed by atoms with Gasteiger partial charge in [-0.15, -0.1) is 0 Å². The second-order valence-electron chi connectivity index (χ2n) is 13.9. The lowest BCUT2D eigenvalue weighted by atomic mass is 9.84. The number of carbonyl (C=O) groups excluding carboxylic acids is 1. The number of benzene rings is 2. The monoisotopic (exact) mass is 654 g/mol. The molecule has 7 nitrogen and oxygen atoms in total. The molecule has 0 aromatic heterocycles. The van der Waals surface area contributed by atoms with E-state index < -0.39 is 41.1 Å². The molecule has 2 aromatic rings. The van der Waals surface area contributed by atoms with Crippen molar-refractivity contribution < 1.29 is 32.3 Å². The number of carboxylic acid groups (broad SMARTS) is 1. The van der Waals surface area contributed by atoms with Crippen LogP contribution in [0.25, 0.3) is 0 Å². The van der Waals surface area contributed by atoms with Gasteiger partial charge in [-0.3, -0.25) is 14.5 Å². The summed E-state index contributed by atoms with van der Waals surface area (Å²) in [4.78, 5) is 31.5.